The molecule has 1 fully saturated rings. The molecule has 2 rings (SSSR count). The molecule has 2 atom stereocenters. The number of hydrogen-bond acceptors (Lipinski definition) is 3. The first-order valence-electron chi connectivity index (χ1n) is 5.56. The minimum atomic E-state index is 0.0781. The van der Waals surface area contributed by atoms with Gasteiger partial charge in [-0.15, -0.1) is 0 Å². The molecule has 1 aliphatic carbocycles. The summed E-state index contributed by atoms with van der Waals surface area (Å²) in [5, 5.41) is 0. The Balaban J connectivity index is 1.95. The van der Waals surface area contributed by atoms with Crippen molar-refractivity contribution in [1.82, 2.24) is 0 Å². The second-order valence-electron chi connectivity index (χ2n) is 4.35. The van der Waals surface area contributed by atoms with Crippen LogP contribution in [-0.4, -0.2) is 18.7 Å². The minimum absolute atomic E-state index is 0.0781. The Hall–Kier alpha value is -1.51. The van der Waals surface area contributed by atoms with Gasteiger partial charge in [0.15, 0.2) is 0 Å². The first-order valence-corrected chi connectivity index (χ1v) is 5.56. The third-order valence-corrected chi connectivity index (χ3v) is 2.64. The number of rotatable bonds is 5. The average Bonchev–Trinajstić information content (AvgIpc) is 2.98. The third kappa shape index (κ3) is 2.54. The van der Waals surface area contributed by atoms with Gasteiger partial charge < -0.3 is 9.47 Å². The van der Waals surface area contributed by atoms with Gasteiger partial charge in [-0.1, -0.05) is 12.1 Å². The normalized spacial score (nSPS) is 22.9. The summed E-state index contributed by atoms with van der Waals surface area (Å²) >= 11 is 0. The van der Waals surface area contributed by atoms with E-state index in [1.54, 1.807) is 0 Å². The fourth-order valence-electron chi connectivity index (χ4n) is 1.81. The van der Waals surface area contributed by atoms with Gasteiger partial charge in [0.2, 0.25) is 0 Å². The van der Waals surface area contributed by atoms with Gasteiger partial charge in [0.05, 0.1) is 6.10 Å². The fraction of sp³-hybridized carbons (Fsp3) is 0.462. The maximum atomic E-state index is 10.2. The van der Waals surface area contributed by atoms with Crippen LogP contribution in [0.5, 0.6) is 5.75 Å². The van der Waals surface area contributed by atoms with Crippen LogP contribution in [0.15, 0.2) is 24.3 Å². The fourth-order valence-corrected chi connectivity index (χ4v) is 1.81. The van der Waals surface area contributed by atoms with Gasteiger partial charge in [0, 0.05) is 5.92 Å². The molecule has 1 aromatic carbocycles. The van der Waals surface area contributed by atoms with Crippen molar-refractivity contribution in [3.05, 3.63) is 29.8 Å². The smallest absolute Gasteiger partial charge is 0.293 e. The van der Waals surface area contributed by atoms with Crippen LogP contribution in [0, 0.1) is 0 Å². The molecule has 86 valence electrons. The van der Waals surface area contributed by atoms with Crippen LogP contribution >= 0.6 is 0 Å². The van der Waals surface area contributed by atoms with Crippen molar-refractivity contribution in [2.75, 3.05) is 0 Å². The van der Waals surface area contributed by atoms with Crippen LogP contribution < -0.4 is 4.74 Å². The number of hydrogen-bond donors (Lipinski definition) is 0. The molecule has 3 nitrogen and oxygen atoms in total. The van der Waals surface area contributed by atoms with Gasteiger partial charge in [0.1, 0.15) is 11.9 Å². The summed E-state index contributed by atoms with van der Waals surface area (Å²) in [5.74, 6) is 1.26. The van der Waals surface area contributed by atoms with E-state index >= 15 is 0 Å². The molecule has 0 aromatic heterocycles. The van der Waals surface area contributed by atoms with Gasteiger partial charge in [-0.2, -0.15) is 0 Å². The Morgan fingerprint density at radius 3 is 2.56 bits per heavy atom. The highest BCUT2D eigenvalue weighted by Crippen LogP contribution is 2.43. The number of benzene rings is 1. The Morgan fingerprint density at radius 1 is 1.31 bits per heavy atom. The van der Waals surface area contributed by atoms with E-state index in [-0.39, 0.29) is 12.2 Å². The lowest BCUT2D eigenvalue weighted by Crippen LogP contribution is -2.05. The Morgan fingerprint density at radius 2 is 2.00 bits per heavy atom. The summed E-state index contributed by atoms with van der Waals surface area (Å²) in [7, 11) is 0. The number of carbonyl (C=O) groups is 1. The van der Waals surface area contributed by atoms with Gasteiger partial charge in [-0.25, -0.2) is 0 Å². The van der Waals surface area contributed by atoms with E-state index in [0.717, 1.165) is 12.2 Å². The molecule has 0 spiro atoms. The van der Waals surface area contributed by atoms with Crippen molar-refractivity contribution in [3.63, 3.8) is 0 Å². The largest absolute Gasteiger partial charge is 0.491 e. The number of carbonyl (C=O) groups excluding carboxylic acids is 1. The second kappa shape index (κ2) is 4.56. The molecule has 0 amide bonds. The zero-order valence-corrected chi connectivity index (χ0v) is 9.55. The molecule has 0 aliphatic heterocycles. The summed E-state index contributed by atoms with van der Waals surface area (Å²) in [5.41, 5.74) is 1.21. The predicted octanol–water partition coefficient (Wildman–Crippen LogP) is 2.50. The Labute approximate surface area is 95.4 Å². The summed E-state index contributed by atoms with van der Waals surface area (Å²) in [6.07, 6.45) is 1.20. The maximum absolute atomic E-state index is 10.2. The highest BCUT2D eigenvalue weighted by Gasteiger charge is 2.40. The lowest BCUT2D eigenvalue weighted by molar-refractivity contribution is -0.129. The van der Waals surface area contributed by atoms with E-state index < -0.39 is 0 Å². The topological polar surface area (TPSA) is 35.5 Å². The van der Waals surface area contributed by atoms with Crippen molar-refractivity contribution in [1.29, 1.82) is 0 Å². The molecule has 1 aromatic rings. The SMILES string of the molecule is CC(C)Oc1ccc(C2C[C@H]2OC=O)cc1. The zero-order chi connectivity index (χ0) is 11.5. The van der Waals surface area contributed by atoms with Crippen LogP contribution in [0.25, 0.3) is 0 Å². The summed E-state index contributed by atoms with van der Waals surface area (Å²) in [6, 6.07) is 8.00. The van der Waals surface area contributed by atoms with Gasteiger partial charge >= 0.3 is 0 Å². The predicted molar refractivity (Wildman–Crippen MR) is 60.5 cm³/mol. The van der Waals surface area contributed by atoms with Crippen molar-refractivity contribution in [2.45, 2.75) is 38.4 Å². The first kappa shape index (κ1) is 11.0. The second-order valence-corrected chi connectivity index (χ2v) is 4.35. The van der Waals surface area contributed by atoms with Crippen LogP contribution in [0.4, 0.5) is 0 Å². The van der Waals surface area contributed by atoms with Crippen LogP contribution in [-0.2, 0) is 9.53 Å². The quantitative estimate of drug-likeness (QED) is 0.715. The highest BCUT2D eigenvalue weighted by molar-refractivity contribution is 5.40. The van der Waals surface area contributed by atoms with Crippen molar-refractivity contribution in [3.8, 4) is 5.75 Å². The van der Waals surface area contributed by atoms with E-state index in [4.69, 9.17) is 9.47 Å². The molecule has 1 saturated carbocycles. The first-order chi connectivity index (χ1) is 7.70. The lowest BCUT2D eigenvalue weighted by Gasteiger charge is -2.09. The molecule has 0 N–H and O–H groups in total. The van der Waals surface area contributed by atoms with E-state index in [9.17, 15) is 4.79 Å². The van der Waals surface area contributed by atoms with E-state index in [1.165, 1.54) is 5.56 Å². The molecule has 0 radical (unpaired) electrons. The summed E-state index contributed by atoms with van der Waals surface area (Å²) in [4.78, 5) is 10.2. The van der Waals surface area contributed by atoms with Crippen molar-refractivity contribution in [2.24, 2.45) is 0 Å². The molecule has 1 aliphatic rings. The summed E-state index contributed by atoms with van der Waals surface area (Å²) < 4.78 is 10.5. The Bertz CT molecular complexity index is 356. The lowest BCUT2D eigenvalue weighted by atomic mass is 10.1. The van der Waals surface area contributed by atoms with E-state index in [0.29, 0.717) is 12.4 Å². The monoisotopic (exact) mass is 220 g/mol. The van der Waals surface area contributed by atoms with E-state index in [1.807, 2.05) is 38.1 Å². The number of ether oxygens (including phenoxy) is 2. The molecular formula is C13H16O3. The van der Waals surface area contributed by atoms with Gasteiger partial charge in [0.25, 0.3) is 6.47 Å². The molecule has 1 unspecified atom stereocenters. The molecular weight excluding hydrogens is 204 g/mol. The summed E-state index contributed by atoms with van der Waals surface area (Å²) in [6.45, 7) is 4.53. The zero-order valence-electron chi connectivity index (χ0n) is 9.55. The maximum Gasteiger partial charge on any atom is 0.293 e. The van der Waals surface area contributed by atoms with Gasteiger partial charge in [-0.3, -0.25) is 4.79 Å². The van der Waals surface area contributed by atoms with Gasteiger partial charge in [-0.05, 0) is 38.0 Å². The minimum Gasteiger partial charge on any atom is -0.491 e. The Kier molecular flexibility index (Phi) is 3.13. The molecule has 0 heterocycles. The highest BCUT2D eigenvalue weighted by atomic mass is 16.5. The van der Waals surface area contributed by atoms with Crippen LogP contribution in [0.1, 0.15) is 31.7 Å². The van der Waals surface area contributed by atoms with Crippen LogP contribution in [0.2, 0.25) is 0 Å². The molecule has 3 heteroatoms. The van der Waals surface area contributed by atoms with Crippen molar-refractivity contribution >= 4 is 6.47 Å². The van der Waals surface area contributed by atoms with Crippen molar-refractivity contribution < 1.29 is 14.3 Å². The molecule has 16 heavy (non-hydrogen) atoms. The van der Waals surface area contributed by atoms with Crippen LogP contribution in [0.3, 0.4) is 0 Å². The standard InChI is InChI=1S/C13H16O3/c1-9(2)16-11-5-3-10(4-6-11)12-7-13(12)15-8-14/h3-6,8-9,12-13H,7H2,1-2H3/t12?,13-/m1/s1. The average molecular weight is 220 g/mol. The van der Waals surface area contributed by atoms with E-state index in [2.05, 4.69) is 0 Å². The third-order valence-electron chi connectivity index (χ3n) is 2.64. The molecule has 0 bridgehead atoms. The molecule has 0 saturated heterocycles.